The lowest BCUT2D eigenvalue weighted by Gasteiger charge is -2.12. The molecule has 144 valence electrons. The maximum atomic E-state index is 12.8. The van der Waals surface area contributed by atoms with Crippen molar-refractivity contribution in [2.24, 2.45) is 0 Å². The average molecular weight is 376 g/mol. The fourth-order valence-electron chi connectivity index (χ4n) is 3.48. The van der Waals surface area contributed by atoms with Crippen LogP contribution in [0.2, 0.25) is 0 Å². The Kier molecular flexibility index (Phi) is 5.66. The molecule has 0 fully saturated rings. The highest BCUT2D eigenvalue weighted by molar-refractivity contribution is 5.95. The summed E-state index contributed by atoms with van der Waals surface area (Å²) in [4.78, 5) is 12.8. The fourth-order valence-corrected chi connectivity index (χ4v) is 3.48. The lowest BCUT2D eigenvalue weighted by molar-refractivity contribution is 0.0947. The molecule has 0 spiro atoms. The maximum absolute atomic E-state index is 12.8. The van der Waals surface area contributed by atoms with E-state index in [4.69, 9.17) is 4.74 Å². The lowest BCUT2D eigenvalue weighted by atomic mass is 10.1. The van der Waals surface area contributed by atoms with E-state index in [1.807, 2.05) is 54.6 Å². The van der Waals surface area contributed by atoms with E-state index >= 15 is 0 Å². The van der Waals surface area contributed by atoms with Crippen molar-refractivity contribution in [3.8, 4) is 5.75 Å². The van der Waals surface area contributed by atoms with Gasteiger partial charge in [-0.15, -0.1) is 10.2 Å². The van der Waals surface area contributed by atoms with Crippen molar-refractivity contribution >= 4 is 5.91 Å². The summed E-state index contributed by atoms with van der Waals surface area (Å²) >= 11 is 0. The largest absolute Gasteiger partial charge is 0.489 e. The Balaban J connectivity index is 1.42. The van der Waals surface area contributed by atoms with Crippen LogP contribution in [0.1, 0.15) is 46.8 Å². The van der Waals surface area contributed by atoms with Gasteiger partial charge in [-0.2, -0.15) is 0 Å². The van der Waals surface area contributed by atoms with Crippen molar-refractivity contribution in [2.45, 2.75) is 45.4 Å². The van der Waals surface area contributed by atoms with Crippen LogP contribution in [-0.4, -0.2) is 20.7 Å². The number of carbonyl (C=O) groups is 1. The highest BCUT2D eigenvalue weighted by Crippen LogP contribution is 2.16. The summed E-state index contributed by atoms with van der Waals surface area (Å²) in [7, 11) is 0. The van der Waals surface area contributed by atoms with Gasteiger partial charge in [-0.3, -0.25) is 4.79 Å². The monoisotopic (exact) mass is 376 g/mol. The molecule has 1 amide bonds. The van der Waals surface area contributed by atoms with Gasteiger partial charge in [0.2, 0.25) is 0 Å². The third-order valence-electron chi connectivity index (χ3n) is 4.99. The average Bonchev–Trinajstić information content (AvgIpc) is 2.97. The van der Waals surface area contributed by atoms with E-state index in [0.717, 1.165) is 48.8 Å². The van der Waals surface area contributed by atoms with Gasteiger partial charge < -0.3 is 14.6 Å². The number of benzene rings is 2. The predicted molar refractivity (Wildman–Crippen MR) is 106 cm³/mol. The normalized spacial score (nSPS) is 13.4. The molecule has 2 heterocycles. The number of amides is 1. The summed E-state index contributed by atoms with van der Waals surface area (Å²) < 4.78 is 7.97. The number of para-hydroxylation sites is 1. The van der Waals surface area contributed by atoms with Gasteiger partial charge in [0.05, 0.1) is 6.54 Å². The van der Waals surface area contributed by atoms with E-state index in [2.05, 4.69) is 20.1 Å². The number of hydrogen-bond donors (Lipinski definition) is 1. The SMILES string of the molecule is O=C(NCc1nnc2n1CCCCC2)c1ccccc1COc1ccccc1. The zero-order valence-corrected chi connectivity index (χ0v) is 15.8. The van der Waals surface area contributed by atoms with Gasteiger partial charge in [0.15, 0.2) is 5.82 Å². The quantitative estimate of drug-likeness (QED) is 0.715. The molecule has 1 aromatic heterocycles. The number of rotatable bonds is 6. The minimum absolute atomic E-state index is 0.127. The van der Waals surface area contributed by atoms with Crippen molar-refractivity contribution in [3.05, 3.63) is 77.4 Å². The van der Waals surface area contributed by atoms with Crippen molar-refractivity contribution in [1.29, 1.82) is 0 Å². The van der Waals surface area contributed by atoms with Crippen LogP contribution >= 0.6 is 0 Å². The molecule has 1 aliphatic rings. The van der Waals surface area contributed by atoms with Crippen LogP contribution in [0, 0.1) is 0 Å². The molecule has 0 atom stereocenters. The summed E-state index contributed by atoms with van der Waals surface area (Å²) in [6.07, 6.45) is 4.45. The van der Waals surface area contributed by atoms with Crippen molar-refractivity contribution in [2.75, 3.05) is 0 Å². The number of hydrogen-bond acceptors (Lipinski definition) is 4. The fraction of sp³-hybridized carbons (Fsp3) is 0.318. The second kappa shape index (κ2) is 8.69. The van der Waals surface area contributed by atoms with E-state index in [0.29, 0.717) is 18.7 Å². The van der Waals surface area contributed by atoms with E-state index in [9.17, 15) is 4.79 Å². The first-order valence-electron chi connectivity index (χ1n) is 9.76. The van der Waals surface area contributed by atoms with Crippen LogP contribution in [0.4, 0.5) is 0 Å². The summed E-state index contributed by atoms with van der Waals surface area (Å²) in [6, 6.07) is 17.1. The van der Waals surface area contributed by atoms with Crippen molar-refractivity contribution < 1.29 is 9.53 Å². The molecule has 0 radical (unpaired) electrons. The van der Waals surface area contributed by atoms with Gasteiger partial charge >= 0.3 is 0 Å². The van der Waals surface area contributed by atoms with Gasteiger partial charge in [0.25, 0.3) is 5.91 Å². The van der Waals surface area contributed by atoms with Gasteiger partial charge in [-0.1, -0.05) is 42.8 Å². The Morgan fingerprint density at radius 1 is 1.00 bits per heavy atom. The molecular formula is C22H24N4O2. The topological polar surface area (TPSA) is 69.0 Å². The molecule has 1 aliphatic heterocycles. The summed E-state index contributed by atoms with van der Waals surface area (Å²) in [5, 5.41) is 11.6. The Morgan fingerprint density at radius 2 is 1.82 bits per heavy atom. The van der Waals surface area contributed by atoms with Crippen molar-refractivity contribution in [1.82, 2.24) is 20.1 Å². The molecule has 3 aromatic rings. The highest BCUT2D eigenvalue weighted by atomic mass is 16.5. The molecule has 0 unspecified atom stereocenters. The molecule has 0 saturated heterocycles. The summed E-state index contributed by atoms with van der Waals surface area (Å²) in [5.41, 5.74) is 1.47. The van der Waals surface area contributed by atoms with Crippen LogP contribution in [0.5, 0.6) is 5.75 Å². The molecule has 6 nitrogen and oxygen atoms in total. The standard InChI is InChI=1S/C22H24N4O2/c27-22(23-15-21-25-24-20-13-5-2-8-14-26(20)21)19-12-7-6-9-17(19)16-28-18-10-3-1-4-11-18/h1,3-4,6-7,9-12H,2,5,8,13-16H2,(H,23,27). The number of aromatic nitrogens is 3. The number of nitrogens with zero attached hydrogens (tertiary/aromatic N) is 3. The van der Waals surface area contributed by atoms with Crippen molar-refractivity contribution in [3.63, 3.8) is 0 Å². The minimum atomic E-state index is -0.127. The van der Waals surface area contributed by atoms with E-state index in [1.54, 1.807) is 0 Å². The first kappa shape index (κ1) is 18.2. The molecule has 0 saturated carbocycles. The Morgan fingerprint density at radius 3 is 2.71 bits per heavy atom. The number of aryl methyl sites for hydroxylation is 1. The molecule has 0 aliphatic carbocycles. The Bertz CT molecular complexity index is 937. The third-order valence-corrected chi connectivity index (χ3v) is 4.99. The first-order chi connectivity index (χ1) is 13.8. The molecule has 4 rings (SSSR count). The Hall–Kier alpha value is -3.15. The van der Waals surface area contributed by atoms with Crippen LogP contribution in [0.15, 0.2) is 54.6 Å². The zero-order chi connectivity index (χ0) is 19.2. The molecule has 2 aromatic carbocycles. The second-order valence-corrected chi connectivity index (χ2v) is 6.94. The molecule has 0 bridgehead atoms. The first-order valence-corrected chi connectivity index (χ1v) is 9.76. The molecule has 1 N–H and O–H groups in total. The summed E-state index contributed by atoms with van der Waals surface area (Å²) in [5.74, 6) is 2.50. The molecular weight excluding hydrogens is 352 g/mol. The minimum Gasteiger partial charge on any atom is -0.489 e. The predicted octanol–water partition coefficient (Wildman–Crippen LogP) is 3.51. The number of ether oxygens (including phenoxy) is 1. The third kappa shape index (κ3) is 4.22. The second-order valence-electron chi connectivity index (χ2n) is 6.94. The zero-order valence-electron chi connectivity index (χ0n) is 15.8. The Labute approximate surface area is 164 Å². The van der Waals surface area contributed by atoms with Crippen LogP contribution in [-0.2, 0) is 26.1 Å². The lowest BCUT2D eigenvalue weighted by Crippen LogP contribution is -2.26. The van der Waals surface area contributed by atoms with Gasteiger partial charge in [0.1, 0.15) is 18.2 Å². The summed E-state index contributed by atoms with van der Waals surface area (Å²) in [6.45, 7) is 1.64. The molecule has 6 heteroatoms. The van der Waals surface area contributed by atoms with Crippen LogP contribution in [0.3, 0.4) is 0 Å². The number of fused-ring (bicyclic) bond motifs is 1. The van der Waals surface area contributed by atoms with Gasteiger partial charge in [0, 0.05) is 24.1 Å². The highest BCUT2D eigenvalue weighted by Gasteiger charge is 2.16. The van der Waals surface area contributed by atoms with E-state index < -0.39 is 0 Å². The maximum Gasteiger partial charge on any atom is 0.252 e. The number of nitrogens with one attached hydrogen (secondary N) is 1. The van der Waals surface area contributed by atoms with E-state index in [-0.39, 0.29) is 5.91 Å². The van der Waals surface area contributed by atoms with Gasteiger partial charge in [-0.25, -0.2) is 0 Å². The smallest absolute Gasteiger partial charge is 0.252 e. The van der Waals surface area contributed by atoms with Crippen LogP contribution in [0.25, 0.3) is 0 Å². The molecule has 28 heavy (non-hydrogen) atoms. The van der Waals surface area contributed by atoms with E-state index in [1.165, 1.54) is 6.42 Å². The van der Waals surface area contributed by atoms with Crippen LogP contribution < -0.4 is 10.1 Å². The number of carbonyl (C=O) groups excluding carboxylic acids is 1. The van der Waals surface area contributed by atoms with Gasteiger partial charge in [-0.05, 0) is 31.0 Å².